The van der Waals surface area contributed by atoms with Crippen LogP contribution in [0.2, 0.25) is 0 Å². The number of furan rings is 1. The van der Waals surface area contributed by atoms with Gasteiger partial charge in [-0.3, -0.25) is 19.7 Å². The van der Waals surface area contributed by atoms with Crippen molar-refractivity contribution >= 4 is 23.4 Å². The summed E-state index contributed by atoms with van der Waals surface area (Å²) in [5.41, 5.74) is 5.96. The van der Waals surface area contributed by atoms with E-state index in [1.54, 1.807) is 24.3 Å². The van der Waals surface area contributed by atoms with E-state index in [2.05, 4.69) is 5.32 Å². The Hall–Kier alpha value is -3.09. The largest absolute Gasteiger partial charge is 0.467 e. The number of hydrogen-bond donors (Lipinski definition) is 3. The lowest BCUT2D eigenvalue weighted by Crippen LogP contribution is -2.42. The van der Waals surface area contributed by atoms with Crippen LogP contribution in [0.4, 0.5) is 5.69 Å². The zero-order valence-corrected chi connectivity index (χ0v) is 11.0. The summed E-state index contributed by atoms with van der Waals surface area (Å²) < 4.78 is 5.00. The number of nitrogens with one attached hydrogen (secondary N) is 2. The Labute approximate surface area is 120 Å². The Bertz CT molecular complexity index is 665. The molecule has 0 bridgehead atoms. The van der Waals surface area contributed by atoms with Crippen LogP contribution in [0.1, 0.15) is 16.1 Å². The van der Waals surface area contributed by atoms with Gasteiger partial charge in [0.15, 0.2) is 0 Å². The average Bonchev–Trinajstić information content (AvgIpc) is 2.98. The van der Waals surface area contributed by atoms with Crippen LogP contribution in [0.3, 0.4) is 0 Å². The van der Waals surface area contributed by atoms with Gasteiger partial charge in [0.05, 0.1) is 18.4 Å². The molecule has 0 unspecified atom stereocenters. The van der Waals surface area contributed by atoms with Gasteiger partial charge in [0.1, 0.15) is 5.76 Å². The molecule has 1 aromatic heterocycles. The third-order valence-corrected chi connectivity index (χ3v) is 2.64. The fraction of sp³-hybridized carbons (Fsp3) is 0.0714. The first kappa shape index (κ1) is 14.3. The van der Waals surface area contributed by atoms with Crippen LogP contribution >= 0.6 is 0 Å². The fourth-order valence-electron chi connectivity index (χ4n) is 1.59. The van der Waals surface area contributed by atoms with Crippen LogP contribution in [-0.4, -0.2) is 17.7 Å². The molecule has 0 radical (unpaired) electrons. The first-order valence-corrected chi connectivity index (χ1v) is 6.08. The first-order valence-electron chi connectivity index (χ1n) is 6.08. The fourth-order valence-corrected chi connectivity index (χ4v) is 1.59. The quantitative estimate of drug-likeness (QED) is 0.559. The maximum absolute atomic E-state index is 11.8. The van der Waals surface area contributed by atoms with E-state index in [4.69, 9.17) is 10.2 Å². The number of imide groups is 1. The molecule has 0 aliphatic rings. The Kier molecular flexibility index (Phi) is 4.35. The summed E-state index contributed by atoms with van der Waals surface area (Å²) in [5.74, 6) is -2.23. The normalized spacial score (nSPS) is 9.90. The molecule has 7 heteroatoms. The monoisotopic (exact) mass is 287 g/mol. The summed E-state index contributed by atoms with van der Waals surface area (Å²) in [5, 5.41) is 4.29. The predicted octanol–water partition coefficient (Wildman–Crippen LogP) is 0.435. The van der Waals surface area contributed by atoms with E-state index in [1.165, 1.54) is 18.4 Å². The van der Waals surface area contributed by atoms with Crippen molar-refractivity contribution in [1.82, 2.24) is 10.6 Å². The summed E-state index contributed by atoms with van der Waals surface area (Å²) in [6, 6.07) is 9.54. The van der Waals surface area contributed by atoms with Crippen molar-refractivity contribution in [2.75, 3.05) is 5.73 Å². The van der Waals surface area contributed by atoms with Crippen LogP contribution < -0.4 is 16.4 Å². The maximum atomic E-state index is 11.8. The summed E-state index contributed by atoms with van der Waals surface area (Å²) in [6.45, 7) is 0.0565. The molecule has 108 valence electrons. The number of amides is 3. The van der Waals surface area contributed by atoms with E-state index in [9.17, 15) is 14.4 Å². The summed E-state index contributed by atoms with van der Waals surface area (Å²) in [6.07, 6.45) is 1.45. The van der Waals surface area contributed by atoms with Gasteiger partial charge in [-0.2, -0.15) is 0 Å². The molecule has 21 heavy (non-hydrogen) atoms. The van der Waals surface area contributed by atoms with Crippen molar-refractivity contribution in [2.45, 2.75) is 6.54 Å². The number of carbonyl (C=O) groups is 3. The second-order valence-electron chi connectivity index (χ2n) is 4.13. The number of anilines is 1. The molecule has 4 N–H and O–H groups in total. The highest BCUT2D eigenvalue weighted by atomic mass is 16.3. The lowest BCUT2D eigenvalue weighted by Gasteiger charge is -2.06. The lowest BCUT2D eigenvalue weighted by atomic mass is 10.1. The molecule has 1 aromatic carbocycles. The lowest BCUT2D eigenvalue weighted by molar-refractivity contribution is -0.138. The van der Waals surface area contributed by atoms with Gasteiger partial charge in [-0.1, -0.05) is 12.1 Å². The highest BCUT2D eigenvalue weighted by Crippen LogP contribution is 2.09. The zero-order valence-electron chi connectivity index (χ0n) is 11.0. The van der Waals surface area contributed by atoms with E-state index < -0.39 is 17.7 Å². The van der Waals surface area contributed by atoms with Crippen LogP contribution in [0.25, 0.3) is 0 Å². The molecule has 0 atom stereocenters. The van der Waals surface area contributed by atoms with Crippen LogP contribution in [-0.2, 0) is 16.1 Å². The van der Waals surface area contributed by atoms with Gasteiger partial charge in [0, 0.05) is 5.69 Å². The second kappa shape index (κ2) is 6.38. The van der Waals surface area contributed by atoms with Gasteiger partial charge < -0.3 is 15.5 Å². The van der Waals surface area contributed by atoms with E-state index in [1.807, 2.05) is 5.32 Å². The van der Waals surface area contributed by atoms with Gasteiger partial charge in [-0.05, 0) is 24.3 Å². The van der Waals surface area contributed by atoms with E-state index in [0.29, 0.717) is 5.76 Å². The van der Waals surface area contributed by atoms with Gasteiger partial charge in [-0.15, -0.1) is 0 Å². The SMILES string of the molecule is Nc1ccccc1C(=O)NC(=O)C(=O)NCc1ccco1. The minimum atomic E-state index is -1.06. The average molecular weight is 287 g/mol. The zero-order chi connectivity index (χ0) is 15.2. The van der Waals surface area contributed by atoms with Crippen LogP contribution in [0, 0.1) is 0 Å². The predicted molar refractivity (Wildman–Crippen MR) is 73.9 cm³/mol. The van der Waals surface area contributed by atoms with Crippen molar-refractivity contribution in [3.05, 3.63) is 54.0 Å². The van der Waals surface area contributed by atoms with Crippen LogP contribution in [0.15, 0.2) is 47.1 Å². The number of carbonyl (C=O) groups excluding carboxylic acids is 3. The molecule has 1 heterocycles. The molecule has 0 aliphatic carbocycles. The number of rotatable bonds is 3. The number of nitrogen functional groups attached to an aromatic ring is 1. The van der Waals surface area contributed by atoms with Gasteiger partial charge >= 0.3 is 11.8 Å². The van der Waals surface area contributed by atoms with Crippen molar-refractivity contribution in [3.8, 4) is 0 Å². The Morgan fingerprint density at radius 1 is 1.05 bits per heavy atom. The minimum absolute atomic E-state index is 0.0565. The topological polar surface area (TPSA) is 114 Å². The van der Waals surface area contributed by atoms with E-state index in [0.717, 1.165) is 0 Å². The molecule has 0 saturated heterocycles. The Morgan fingerprint density at radius 2 is 1.81 bits per heavy atom. The van der Waals surface area contributed by atoms with E-state index in [-0.39, 0.29) is 17.8 Å². The Balaban J connectivity index is 1.90. The standard InChI is InChI=1S/C14H13N3O4/c15-11-6-2-1-5-10(11)12(18)17-14(20)13(19)16-8-9-4-3-7-21-9/h1-7H,8,15H2,(H,16,19)(H,17,18,20). The second-order valence-corrected chi connectivity index (χ2v) is 4.13. The summed E-state index contributed by atoms with van der Waals surface area (Å²) >= 11 is 0. The maximum Gasteiger partial charge on any atom is 0.316 e. The van der Waals surface area contributed by atoms with E-state index >= 15 is 0 Å². The highest BCUT2D eigenvalue weighted by Gasteiger charge is 2.18. The van der Waals surface area contributed by atoms with Crippen molar-refractivity contribution in [2.24, 2.45) is 0 Å². The number of nitrogens with two attached hydrogens (primary N) is 1. The van der Waals surface area contributed by atoms with Crippen molar-refractivity contribution < 1.29 is 18.8 Å². The molecule has 0 aliphatic heterocycles. The van der Waals surface area contributed by atoms with Crippen molar-refractivity contribution in [1.29, 1.82) is 0 Å². The number of para-hydroxylation sites is 1. The smallest absolute Gasteiger partial charge is 0.316 e. The molecular weight excluding hydrogens is 274 g/mol. The van der Waals surface area contributed by atoms with Gasteiger partial charge in [-0.25, -0.2) is 0 Å². The molecule has 7 nitrogen and oxygen atoms in total. The molecule has 3 amide bonds. The summed E-state index contributed by atoms with van der Waals surface area (Å²) in [7, 11) is 0. The molecule has 0 saturated carbocycles. The molecule has 0 spiro atoms. The number of benzene rings is 1. The Morgan fingerprint density at radius 3 is 2.48 bits per heavy atom. The van der Waals surface area contributed by atoms with Crippen LogP contribution in [0.5, 0.6) is 0 Å². The summed E-state index contributed by atoms with van der Waals surface area (Å²) in [4.78, 5) is 34.9. The van der Waals surface area contributed by atoms with Gasteiger partial charge in [0.2, 0.25) is 0 Å². The molecule has 2 aromatic rings. The molecule has 2 rings (SSSR count). The third-order valence-electron chi connectivity index (χ3n) is 2.64. The first-order chi connectivity index (χ1) is 10.1. The third kappa shape index (κ3) is 3.69. The molecular formula is C14H13N3O4. The van der Waals surface area contributed by atoms with Gasteiger partial charge in [0.25, 0.3) is 5.91 Å². The number of hydrogen-bond acceptors (Lipinski definition) is 5. The minimum Gasteiger partial charge on any atom is -0.467 e. The molecule has 0 fully saturated rings. The van der Waals surface area contributed by atoms with Crippen molar-refractivity contribution in [3.63, 3.8) is 0 Å². The highest BCUT2D eigenvalue weighted by molar-refractivity contribution is 6.38.